The van der Waals surface area contributed by atoms with Gasteiger partial charge in [-0.15, -0.1) is 6.58 Å². The van der Waals surface area contributed by atoms with Crippen molar-refractivity contribution in [2.24, 2.45) is 0 Å². The lowest BCUT2D eigenvalue weighted by molar-refractivity contribution is -0.145. The average Bonchev–Trinajstić information content (AvgIpc) is 2.45. The zero-order chi connectivity index (χ0) is 15.7. The van der Waals surface area contributed by atoms with Crippen molar-refractivity contribution in [3.05, 3.63) is 36.4 Å². The Labute approximate surface area is 126 Å². The third-order valence-corrected chi connectivity index (χ3v) is 3.07. The number of carboxylic acid groups (broad SMARTS) is 1. The highest BCUT2D eigenvalue weighted by Gasteiger charge is 2.20. The van der Waals surface area contributed by atoms with Gasteiger partial charge in [0.25, 0.3) is 0 Å². The number of benzene rings is 1. The van der Waals surface area contributed by atoms with E-state index in [2.05, 4.69) is 6.58 Å². The van der Waals surface area contributed by atoms with Gasteiger partial charge < -0.3 is 14.6 Å². The van der Waals surface area contributed by atoms with Crippen LogP contribution in [0.25, 0.3) is 0 Å². The SMILES string of the molecule is C=CCc1cc(OCC)ccc1OC(CCCC)C(=O)O. The van der Waals surface area contributed by atoms with E-state index >= 15 is 0 Å². The summed E-state index contributed by atoms with van der Waals surface area (Å²) in [5.74, 6) is 0.408. The van der Waals surface area contributed by atoms with E-state index < -0.39 is 12.1 Å². The lowest BCUT2D eigenvalue weighted by atomic mass is 10.1. The van der Waals surface area contributed by atoms with Crippen molar-refractivity contribution in [2.45, 2.75) is 45.6 Å². The Morgan fingerprint density at radius 2 is 2.19 bits per heavy atom. The molecule has 0 amide bonds. The molecule has 4 nitrogen and oxygen atoms in total. The minimum atomic E-state index is -0.929. The van der Waals surface area contributed by atoms with E-state index in [4.69, 9.17) is 9.47 Å². The van der Waals surface area contributed by atoms with Gasteiger partial charge in [-0.2, -0.15) is 0 Å². The predicted molar refractivity (Wildman–Crippen MR) is 83.1 cm³/mol. The number of hydrogen-bond acceptors (Lipinski definition) is 3. The van der Waals surface area contributed by atoms with E-state index in [-0.39, 0.29) is 0 Å². The molecule has 21 heavy (non-hydrogen) atoms. The molecule has 0 radical (unpaired) electrons. The number of carboxylic acids is 1. The molecule has 1 unspecified atom stereocenters. The Bertz CT molecular complexity index is 468. The smallest absolute Gasteiger partial charge is 0.344 e. The van der Waals surface area contributed by atoms with Crippen LogP contribution in [0.15, 0.2) is 30.9 Å². The Morgan fingerprint density at radius 1 is 1.43 bits per heavy atom. The molecule has 116 valence electrons. The molecule has 0 spiro atoms. The van der Waals surface area contributed by atoms with Crippen molar-refractivity contribution in [3.8, 4) is 11.5 Å². The topological polar surface area (TPSA) is 55.8 Å². The monoisotopic (exact) mass is 292 g/mol. The van der Waals surface area contributed by atoms with Gasteiger partial charge in [0.15, 0.2) is 6.10 Å². The second-order valence-electron chi connectivity index (χ2n) is 4.78. The molecule has 1 aromatic rings. The molecule has 0 saturated carbocycles. The summed E-state index contributed by atoms with van der Waals surface area (Å²) in [7, 11) is 0. The molecule has 0 bridgehead atoms. The maximum Gasteiger partial charge on any atom is 0.344 e. The number of unbranched alkanes of at least 4 members (excludes halogenated alkanes) is 1. The number of ether oxygens (including phenoxy) is 2. The number of hydrogen-bond donors (Lipinski definition) is 1. The number of allylic oxidation sites excluding steroid dienone is 1. The normalized spacial score (nSPS) is 11.7. The number of carbonyl (C=O) groups is 1. The molecule has 0 heterocycles. The molecule has 0 aliphatic rings. The fraction of sp³-hybridized carbons (Fsp3) is 0.471. The van der Waals surface area contributed by atoms with E-state index in [0.717, 1.165) is 24.2 Å². The minimum Gasteiger partial charge on any atom is -0.494 e. The van der Waals surface area contributed by atoms with Gasteiger partial charge in [-0.25, -0.2) is 4.79 Å². The standard InChI is InChI=1S/C17H24O4/c1-4-7-9-16(17(18)19)21-15-11-10-14(20-6-3)12-13(15)8-5-2/h5,10-12,16H,2,4,6-9H2,1,3H3,(H,18,19). The lowest BCUT2D eigenvalue weighted by Gasteiger charge is -2.18. The summed E-state index contributed by atoms with van der Waals surface area (Å²) in [5.41, 5.74) is 0.888. The van der Waals surface area contributed by atoms with Crippen LogP contribution in [0.2, 0.25) is 0 Å². The molecule has 0 aliphatic carbocycles. The van der Waals surface area contributed by atoms with Crippen LogP contribution in [0, 0.1) is 0 Å². The predicted octanol–water partition coefficient (Wildman–Crippen LogP) is 3.84. The first-order valence-corrected chi connectivity index (χ1v) is 7.38. The second-order valence-corrected chi connectivity index (χ2v) is 4.78. The Morgan fingerprint density at radius 3 is 2.76 bits per heavy atom. The first-order chi connectivity index (χ1) is 10.1. The van der Waals surface area contributed by atoms with Gasteiger partial charge >= 0.3 is 5.97 Å². The molecule has 4 heteroatoms. The third kappa shape index (κ3) is 5.50. The van der Waals surface area contributed by atoms with Crippen LogP contribution in [-0.2, 0) is 11.2 Å². The summed E-state index contributed by atoms with van der Waals surface area (Å²) in [6, 6.07) is 5.44. The first kappa shape index (κ1) is 17.1. The van der Waals surface area contributed by atoms with Gasteiger partial charge in [-0.05, 0) is 44.4 Å². The van der Waals surface area contributed by atoms with Crippen molar-refractivity contribution in [3.63, 3.8) is 0 Å². The molecule has 0 aromatic heterocycles. The largest absolute Gasteiger partial charge is 0.494 e. The Balaban J connectivity index is 2.92. The van der Waals surface area contributed by atoms with Crippen LogP contribution >= 0.6 is 0 Å². The fourth-order valence-electron chi connectivity index (χ4n) is 2.02. The molecule has 1 N–H and O–H groups in total. The van der Waals surface area contributed by atoms with Crippen molar-refractivity contribution in [2.75, 3.05) is 6.61 Å². The maximum atomic E-state index is 11.3. The number of aliphatic carboxylic acids is 1. The number of rotatable bonds is 10. The summed E-state index contributed by atoms with van der Waals surface area (Å²) in [6.45, 7) is 8.26. The zero-order valence-electron chi connectivity index (χ0n) is 12.8. The second kappa shape index (κ2) is 9.06. The Kier molecular flexibility index (Phi) is 7.37. The minimum absolute atomic E-state index is 0.507. The quantitative estimate of drug-likeness (QED) is 0.666. The van der Waals surface area contributed by atoms with Gasteiger partial charge in [-0.1, -0.05) is 19.4 Å². The van der Waals surface area contributed by atoms with Crippen LogP contribution in [0.4, 0.5) is 0 Å². The summed E-state index contributed by atoms with van der Waals surface area (Å²) < 4.78 is 11.2. The van der Waals surface area contributed by atoms with Crippen molar-refractivity contribution in [1.29, 1.82) is 0 Å². The average molecular weight is 292 g/mol. The van der Waals surface area contributed by atoms with Gasteiger partial charge in [-0.3, -0.25) is 0 Å². The van der Waals surface area contributed by atoms with E-state index in [9.17, 15) is 9.90 Å². The highest BCUT2D eigenvalue weighted by molar-refractivity contribution is 5.72. The van der Waals surface area contributed by atoms with E-state index in [1.165, 1.54) is 0 Å². The third-order valence-electron chi connectivity index (χ3n) is 3.07. The molecule has 0 fully saturated rings. The first-order valence-electron chi connectivity index (χ1n) is 7.38. The van der Waals surface area contributed by atoms with Gasteiger partial charge in [0.2, 0.25) is 0 Å². The van der Waals surface area contributed by atoms with Crippen LogP contribution < -0.4 is 9.47 Å². The van der Waals surface area contributed by atoms with E-state index in [1.54, 1.807) is 18.2 Å². The summed E-state index contributed by atoms with van der Waals surface area (Å²) in [6.07, 6.45) is 3.83. The Hall–Kier alpha value is -1.97. The van der Waals surface area contributed by atoms with Crippen LogP contribution in [0.1, 0.15) is 38.7 Å². The zero-order valence-corrected chi connectivity index (χ0v) is 12.8. The molecule has 0 saturated heterocycles. The maximum absolute atomic E-state index is 11.3. The summed E-state index contributed by atoms with van der Waals surface area (Å²) in [4.78, 5) is 11.3. The van der Waals surface area contributed by atoms with Crippen LogP contribution in [0.3, 0.4) is 0 Å². The molecular formula is C17H24O4. The highest BCUT2D eigenvalue weighted by atomic mass is 16.5. The summed E-state index contributed by atoms with van der Waals surface area (Å²) >= 11 is 0. The molecule has 1 rings (SSSR count). The molecule has 1 atom stereocenters. The van der Waals surface area contributed by atoms with Crippen molar-refractivity contribution in [1.82, 2.24) is 0 Å². The molecular weight excluding hydrogens is 268 g/mol. The van der Waals surface area contributed by atoms with Gasteiger partial charge in [0.05, 0.1) is 6.61 Å². The van der Waals surface area contributed by atoms with Crippen molar-refractivity contribution >= 4 is 5.97 Å². The van der Waals surface area contributed by atoms with Crippen molar-refractivity contribution < 1.29 is 19.4 Å². The van der Waals surface area contributed by atoms with Gasteiger partial charge in [0, 0.05) is 5.56 Å². The fourth-order valence-corrected chi connectivity index (χ4v) is 2.02. The lowest BCUT2D eigenvalue weighted by Crippen LogP contribution is -2.27. The van der Waals surface area contributed by atoms with Gasteiger partial charge in [0.1, 0.15) is 11.5 Å². The molecule has 0 aliphatic heterocycles. The van der Waals surface area contributed by atoms with Crippen LogP contribution in [0.5, 0.6) is 11.5 Å². The van der Waals surface area contributed by atoms with Crippen LogP contribution in [-0.4, -0.2) is 23.8 Å². The van der Waals surface area contributed by atoms with E-state index in [0.29, 0.717) is 25.2 Å². The molecule has 1 aromatic carbocycles. The van der Waals surface area contributed by atoms with E-state index in [1.807, 2.05) is 19.9 Å². The highest BCUT2D eigenvalue weighted by Crippen LogP contribution is 2.27. The summed E-state index contributed by atoms with van der Waals surface area (Å²) in [5, 5.41) is 9.25.